The highest BCUT2D eigenvalue weighted by atomic mass is 79.9. The summed E-state index contributed by atoms with van der Waals surface area (Å²) in [6.45, 7) is 3.97. The van der Waals surface area contributed by atoms with E-state index in [4.69, 9.17) is 16.3 Å². The summed E-state index contributed by atoms with van der Waals surface area (Å²) in [7, 11) is 0. The summed E-state index contributed by atoms with van der Waals surface area (Å²) >= 11 is 9.79. The van der Waals surface area contributed by atoms with Gasteiger partial charge in [-0.1, -0.05) is 17.7 Å². The average Bonchev–Trinajstić information content (AvgIpc) is 2.72. The summed E-state index contributed by atoms with van der Waals surface area (Å²) in [5.41, 5.74) is 3.05. The second kappa shape index (κ2) is 10.2. The van der Waals surface area contributed by atoms with Gasteiger partial charge in [0, 0.05) is 31.9 Å². The van der Waals surface area contributed by atoms with E-state index < -0.39 is 12.1 Å². The number of amides is 2. The molecule has 33 heavy (non-hydrogen) atoms. The molecule has 6 nitrogen and oxygen atoms in total. The number of piperazine rings is 1. The standard InChI is InChI=1S/C22H22BrClF3N3O3/c1-13-9-14(2)20(16(23)10-13)33-12-19(31)28-15-3-4-18(17(24)11-15)29-5-7-30(8-6-29)21(32)22(25,26)27/h3-4,9-11H,5-8,12H2,1-2H3,(H,28,31). The predicted molar refractivity (Wildman–Crippen MR) is 124 cm³/mol. The highest BCUT2D eigenvalue weighted by Gasteiger charge is 2.43. The lowest BCUT2D eigenvalue weighted by Crippen LogP contribution is -2.52. The van der Waals surface area contributed by atoms with Crippen LogP contribution in [-0.2, 0) is 9.59 Å². The van der Waals surface area contributed by atoms with Crippen LogP contribution >= 0.6 is 27.5 Å². The minimum atomic E-state index is -4.88. The first-order valence-corrected chi connectivity index (χ1v) is 11.2. The predicted octanol–water partition coefficient (Wildman–Crippen LogP) is 4.95. The maximum Gasteiger partial charge on any atom is 0.471 e. The highest BCUT2D eigenvalue weighted by molar-refractivity contribution is 9.10. The van der Waals surface area contributed by atoms with Crippen LogP contribution in [0.3, 0.4) is 0 Å². The number of halogens is 5. The Kier molecular flexibility index (Phi) is 7.79. The summed E-state index contributed by atoms with van der Waals surface area (Å²) in [5, 5.41) is 3.05. The molecule has 3 rings (SSSR count). The van der Waals surface area contributed by atoms with Gasteiger partial charge < -0.3 is 19.9 Å². The van der Waals surface area contributed by atoms with Gasteiger partial charge in [-0.2, -0.15) is 13.2 Å². The van der Waals surface area contributed by atoms with E-state index in [1.54, 1.807) is 23.1 Å². The smallest absolute Gasteiger partial charge is 0.471 e. The molecule has 2 aromatic rings. The number of ether oxygens (including phenoxy) is 1. The molecule has 0 aliphatic carbocycles. The highest BCUT2D eigenvalue weighted by Crippen LogP contribution is 2.31. The van der Waals surface area contributed by atoms with Gasteiger partial charge in [-0.15, -0.1) is 0 Å². The van der Waals surface area contributed by atoms with Crippen molar-refractivity contribution in [2.24, 2.45) is 0 Å². The van der Waals surface area contributed by atoms with E-state index in [0.29, 0.717) is 22.1 Å². The molecule has 1 N–H and O–H groups in total. The van der Waals surface area contributed by atoms with E-state index in [2.05, 4.69) is 21.2 Å². The van der Waals surface area contributed by atoms with E-state index in [0.717, 1.165) is 20.5 Å². The largest absolute Gasteiger partial charge is 0.482 e. The molecule has 0 aromatic heterocycles. The van der Waals surface area contributed by atoms with E-state index >= 15 is 0 Å². The summed E-state index contributed by atoms with van der Waals surface area (Å²) in [5.74, 6) is -1.61. The van der Waals surface area contributed by atoms with Crippen LogP contribution in [-0.4, -0.2) is 55.7 Å². The van der Waals surface area contributed by atoms with Crippen molar-refractivity contribution in [3.63, 3.8) is 0 Å². The van der Waals surface area contributed by atoms with Gasteiger partial charge in [-0.3, -0.25) is 9.59 Å². The maximum atomic E-state index is 12.6. The number of nitrogens with one attached hydrogen (secondary N) is 1. The van der Waals surface area contributed by atoms with Gasteiger partial charge in [0.05, 0.1) is 15.2 Å². The average molecular weight is 549 g/mol. The zero-order valence-electron chi connectivity index (χ0n) is 17.9. The van der Waals surface area contributed by atoms with Crippen molar-refractivity contribution in [2.75, 3.05) is 43.0 Å². The molecule has 1 fully saturated rings. The third-order valence-electron chi connectivity index (χ3n) is 5.10. The number of rotatable bonds is 5. The fourth-order valence-corrected chi connectivity index (χ4v) is 4.68. The lowest BCUT2D eigenvalue weighted by atomic mass is 10.1. The topological polar surface area (TPSA) is 61.9 Å². The van der Waals surface area contributed by atoms with Crippen molar-refractivity contribution in [1.29, 1.82) is 0 Å². The number of alkyl halides is 3. The third kappa shape index (κ3) is 6.32. The molecule has 11 heteroatoms. The van der Waals surface area contributed by atoms with Gasteiger partial charge >= 0.3 is 12.1 Å². The number of hydrogen-bond acceptors (Lipinski definition) is 4. The van der Waals surface area contributed by atoms with Gasteiger partial charge in [0.2, 0.25) is 0 Å². The normalized spacial score (nSPS) is 14.3. The molecule has 0 unspecified atom stereocenters. The minimum Gasteiger partial charge on any atom is -0.482 e. The van der Waals surface area contributed by atoms with Crippen LogP contribution in [0.4, 0.5) is 24.5 Å². The van der Waals surface area contributed by atoms with Crippen molar-refractivity contribution in [3.05, 3.63) is 51.0 Å². The number of carbonyl (C=O) groups is 2. The molecule has 178 valence electrons. The summed E-state index contributed by atoms with van der Waals surface area (Å²) in [6, 6.07) is 8.75. The Morgan fingerprint density at radius 1 is 1.12 bits per heavy atom. The van der Waals surface area contributed by atoms with Crippen molar-refractivity contribution in [3.8, 4) is 5.75 Å². The van der Waals surface area contributed by atoms with Crippen molar-refractivity contribution in [2.45, 2.75) is 20.0 Å². The van der Waals surface area contributed by atoms with Crippen molar-refractivity contribution >= 4 is 50.7 Å². The molecular formula is C22H22BrClF3N3O3. The number of carbonyl (C=O) groups excluding carboxylic acids is 2. The molecule has 0 radical (unpaired) electrons. The number of aryl methyl sites for hydroxylation is 2. The van der Waals surface area contributed by atoms with E-state index in [1.807, 2.05) is 26.0 Å². The monoisotopic (exact) mass is 547 g/mol. The molecule has 0 spiro atoms. The SMILES string of the molecule is Cc1cc(C)c(OCC(=O)Nc2ccc(N3CCN(C(=O)C(F)(F)F)CC3)c(Cl)c2)c(Br)c1. The Morgan fingerprint density at radius 3 is 2.36 bits per heavy atom. The molecular weight excluding hydrogens is 527 g/mol. The Bertz CT molecular complexity index is 1030. The molecule has 0 atom stereocenters. The van der Waals surface area contributed by atoms with Crippen LogP contribution in [0, 0.1) is 13.8 Å². The maximum absolute atomic E-state index is 12.6. The van der Waals surface area contributed by atoms with Crippen LogP contribution in [0.2, 0.25) is 5.02 Å². The van der Waals surface area contributed by atoms with E-state index in [-0.39, 0.29) is 38.7 Å². The number of benzene rings is 2. The fraction of sp³-hybridized carbons (Fsp3) is 0.364. The third-order valence-corrected chi connectivity index (χ3v) is 5.99. The molecule has 2 aromatic carbocycles. The lowest BCUT2D eigenvalue weighted by Gasteiger charge is -2.36. The molecule has 0 saturated carbocycles. The summed E-state index contributed by atoms with van der Waals surface area (Å²) in [4.78, 5) is 26.3. The second-order valence-corrected chi connectivity index (χ2v) is 8.93. The van der Waals surface area contributed by atoms with Gasteiger partial charge in [0.1, 0.15) is 5.75 Å². The Balaban J connectivity index is 1.57. The zero-order valence-corrected chi connectivity index (χ0v) is 20.3. The van der Waals surface area contributed by atoms with Gasteiger partial charge in [0.25, 0.3) is 5.91 Å². The minimum absolute atomic E-state index is 0.0571. The molecule has 2 amide bonds. The molecule has 1 aliphatic heterocycles. The Labute approximate surface area is 202 Å². The zero-order chi connectivity index (χ0) is 24.3. The van der Waals surface area contributed by atoms with Crippen molar-refractivity contribution in [1.82, 2.24) is 4.90 Å². The van der Waals surface area contributed by atoms with Gasteiger partial charge in [-0.05, 0) is 65.2 Å². The van der Waals surface area contributed by atoms with Crippen LogP contribution in [0.15, 0.2) is 34.8 Å². The quantitative estimate of drug-likeness (QED) is 0.575. The Morgan fingerprint density at radius 2 is 1.79 bits per heavy atom. The van der Waals surface area contributed by atoms with Crippen LogP contribution in [0.25, 0.3) is 0 Å². The number of nitrogens with zero attached hydrogens (tertiary/aromatic N) is 2. The molecule has 1 heterocycles. The number of anilines is 2. The molecule has 1 aliphatic rings. The lowest BCUT2D eigenvalue weighted by molar-refractivity contribution is -0.185. The van der Waals surface area contributed by atoms with Crippen LogP contribution in [0.1, 0.15) is 11.1 Å². The van der Waals surface area contributed by atoms with Crippen LogP contribution < -0.4 is 15.0 Å². The molecule has 0 bridgehead atoms. The van der Waals surface area contributed by atoms with Crippen LogP contribution in [0.5, 0.6) is 5.75 Å². The van der Waals surface area contributed by atoms with Crippen molar-refractivity contribution < 1.29 is 27.5 Å². The first-order chi connectivity index (χ1) is 15.5. The number of hydrogen-bond donors (Lipinski definition) is 1. The van der Waals surface area contributed by atoms with E-state index in [9.17, 15) is 22.8 Å². The van der Waals surface area contributed by atoms with E-state index in [1.165, 1.54) is 0 Å². The second-order valence-electron chi connectivity index (χ2n) is 7.67. The first kappa shape index (κ1) is 25.2. The first-order valence-electron chi connectivity index (χ1n) is 10.1. The summed E-state index contributed by atoms with van der Waals surface area (Å²) in [6.07, 6.45) is -4.88. The molecule has 1 saturated heterocycles. The van der Waals surface area contributed by atoms with Gasteiger partial charge in [0.15, 0.2) is 6.61 Å². The fourth-order valence-electron chi connectivity index (χ4n) is 3.59. The Hall–Kier alpha value is -2.46. The van der Waals surface area contributed by atoms with Gasteiger partial charge in [-0.25, -0.2) is 0 Å². The summed E-state index contributed by atoms with van der Waals surface area (Å²) < 4.78 is 44.2.